The Hall–Kier alpha value is -1.47. The average molecular weight is 394 g/mol. The molecule has 0 unspecified atom stereocenters. The van der Waals surface area contributed by atoms with E-state index >= 15 is 0 Å². The number of methoxy groups -OCH3 is 1. The number of piperidine rings is 1. The first-order chi connectivity index (χ1) is 13.1. The second-order valence-electron chi connectivity index (χ2n) is 7.79. The van der Waals surface area contributed by atoms with Crippen molar-refractivity contribution < 1.29 is 14.3 Å². The highest BCUT2D eigenvalue weighted by Gasteiger charge is 2.34. The molecular weight excluding hydrogens is 362 g/mol. The first kappa shape index (κ1) is 20.3. The Morgan fingerprint density at radius 3 is 2.63 bits per heavy atom. The molecule has 2 heterocycles. The van der Waals surface area contributed by atoms with Crippen LogP contribution >= 0.6 is 11.3 Å². The van der Waals surface area contributed by atoms with Gasteiger partial charge in [-0.25, -0.2) is 4.98 Å². The van der Waals surface area contributed by atoms with Gasteiger partial charge in [-0.15, -0.1) is 11.3 Å². The lowest BCUT2D eigenvalue weighted by molar-refractivity contribution is -0.147. The molecule has 1 aliphatic carbocycles. The van der Waals surface area contributed by atoms with Gasteiger partial charge >= 0.3 is 5.97 Å². The van der Waals surface area contributed by atoms with E-state index in [0.29, 0.717) is 0 Å². The molecule has 2 fully saturated rings. The Kier molecular flexibility index (Phi) is 7.24. The highest BCUT2D eigenvalue weighted by atomic mass is 32.1. The van der Waals surface area contributed by atoms with E-state index in [0.717, 1.165) is 75.3 Å². The number of rotatable bonds is 5. The van der Waals surface area contributed by atoms with Gasteiger partial charge in [0.25, 0.3) is 0 Å². The van der Waals surface area contributed by atoms with Gasteiger partial charge in [0.15, 0.2) is 0 Å². The maximum Gasteiger partial charge on any atom is 0.310 e. The molecule has 1 saturated carbocycles. The number of thiazole rings is 1. The third-order valence-electron chi connectivity index (χ3n) is 5.86. The summed E-state index contributed by atoms with van der Waals surface area (Å²) in [5.41, 5.74) is 1.12. The summed E-state index contributed by atoms with van der Waals surface area (Å²) in [6.45, 7) is 4.73. The van der Waals surface area contributed by atoms with Crippen LogP contribution in [-0.4, -0.2) is 48.0 Å². The molecule has 1 aliphatic heterocycles. The van der Waals surface area contributed by atoms with Crippen molar-refractivity contribution in [3.63, 3.8) is 0 Å². The first-order valence-electron chi connectivity index (χ1n) is 10.1. The molecule has 2 aliphatic rings. The molecule has 1 saturated heterocycles. The van der Waals surface area contributed by atoms with Gasteiger partial charge in [0, 0.05) is 23.9 Å². The number of nitrogens with one attached hydrogen (secondary N) is 1. The zero-order chi connectivity index (χ0) is 19.2. The molecule has 1 N–H and O–H groups in total. The van der Waals surface area contributed by atoms with E-state index in [4.69, 9.17) is 4.74 Å². The monoisotopic (exact) mass is 393 g/mol. The zero-order valence-electron chi connectivity index (χ0n) is 16.4. The van der Waals surface area contributed by atoms with Crippen molar-refractivity contribution in [1.29, 1.82) is 0 Å². The van der Waals surface area contributed by atoms with Crippen LogP contribution in [0.1, 0.15) is 55.6 Å². The average Bonchev–Trinajstić information content (AvgIpc) is 2.94. The van der Waals surface area contributed by atoms with Crippen LogP contribution in [0.5, 0.6) is 0 Å². The zero-order valence-corrected chi connectivity index (χ0v) is 17.2. The maximum absolute atomic E-state index is 12.8. The molecule has 27 heavy (non-hydrogen) atoms. The fourth-order valence-electron chi connectivity index (χ4n) is 4.28. The summed E-state index contributed by atoms with van der Waals surface area (Å²) in [6, 6.07) is -0.0801. The van der Waals surface area contributed by atoms with Gasteiger partial charge in [0.1, 0.15) is 0 Å². The predicted molar refractivity (Wildman–Crippen MR) is 105 cm³/mol. The van der Waals surface area contributed by atoms with Crippen molar-refractivity contribution in [3.8, 4) is 0 Å². The molecule has 0 radical (unpaired) electrons. The number of likely N-dealkylation sites (tertiary alicyclic amines) is 1. The minimum atomic E-state index is -0.200. The van der Waals surface area contributed by atoms with Crippen LogP contribution in [0, 0.1) is 18.8 Å². The van der Waals surface area contributed by atoms with E-state index in [1.165, 1.54) is 7.11 Å². The van der Waals surface area contributed by atoms with Gasteiger partial charge in [-0.3, -0.25) is 14.5 Å². The quantitative estimate of drug-likeness (QED) is 0.615. The lowest BCUT2D eigenvalue weighted by Gasteiger charge is -2.32. The van der Waals surface area contributed by atoms with Crippen LogP contribution in [0.25, 0.3) is 0 Å². The third kappa shape index (κ3) is 5.51. The standard InChI is InChI=1S/C20H31N3O3S/c1-14-21-16(13-27-14)12-23-10-8-15(9-11-23)19(24)22-18-7-5-3-4-6-17(18)20(25)26-2/h13,15,17-18H,3-12H2,1-2H3,(H,22,24)/t17-,18+/m0/s1. The lowest BCUT2D eigenvalue weighted by Crippen LogP contribution is -2.47. The molecule has 1 amide bonds. The molecule has 0 bridgehead atoms. The molecule has 6 nitrogen and oxygen atoms in total. The Bertz CT molecular complexity index is 640. The van der Waals surface area contributed by atoms with E-state index < -0.39 is 0 Å². The maximum atomic E-state index is 12.8. The van der Waals surface area contributed by atoms with Crippen LogP contribution in [0.15, 0.2) is 5.38 Å². The number of nitrogens with zero attached hydrogens (tertiary/aromatic N) is 2. The fraction of sp³-hybridized carbons (Fsp3) is 0.750. The largest absolute Gasteiger partial charge is 0.469 e. The Morgan fingerprint density at radius 2 is 1.96 bits per heavy atom. The molecule has 7 heteroatoms. The normalized spacial score (nSPS) is 25.0. The van der Waals surface area contributed by atoms with E-state index in [2.05, 4.69) is 20.6 Å². The SMILES string of the molecule is COC(=O)[C@H]1CCCCC[C@H]1NC(=O)C1CCN(Cc2csc(C)n2)CC1. The summed E-state index contributed by atoms with van der Waals surface area (Å²) in [4.78, 5) is 31.8. The molecule has 1 aromatic rings. The molecule has 1 aromatic heterocycles. The number of carbonyl (C=O) groups is 2. The molecular formula is C20H31N3O3S. The molecule has 0 aromatic carbocycles. The van der Waals surface area contributed by atoms with Crippen LogP contribution < -0.4 is 5.32 Å². The van der Waals surface area contributed by atoms with Gasteiger partial charge in [-0.05, 0) is 45.7 Å². The predicted octanol–water partition coefficient (Wildman–Crippen LogP) is 2.90. The van der Waals surface area contributed by atoms with Gasteiger partial charge in [0.2, 0.25) is 5.91 Å². The number of esters is 1. The van der Waals surface area contributed by atoms with Crippen molar-refractivity contribution >= 4 is 23.2 Å². The highest BCUT2D eigenvalue weighted by Crippen LogP contribution is 2.26. The van der Waals surface area contributed by atoms with Gasteiger partial charge < -0.3 is 10.1 Å². The summed E-state index contributed by atoms with van der Waals surface area (Å²) in [5, 5.41) is 6.41. The number of amides is 1. The number of aryl methyl sites for hydroxylation is 1. The van der Waals surface area contributed by atoms with Crippen molar-refractivity contribution in [3.05, 3.63) is 16.1 Å². The summed E-state index contributed by atoms with van der Waals surface area (Å²) in [6.07, 6.45) is 6.62. The highest BCUT2D eigenvalue weighted by molar-refractivity contribution is 7.09. The molecule has 0 spiro atoms. The van der Waals surface area contributed by atoms with Gasteiger partial charge in [0.05, 0.1) is 23.7 Å². The van der Waals surface area contributed by atoms with Crippen LogP contribution in [-0.2, 0) is 20.9 Å². The second kappa shape index (κ2) is 9.64. The summed E-state index contributed by atoms with van der Waals surface area (Å²) >= 11 is 1.68. The first-order valence-corrected chi connectivity index (χ1v) is 11.0. The number of carbonyl (C=O) groups excluding carboxylic acids is 2. The summed E-state index contributed by atoms with van der Waals surface area (Å²) < 4.78 is 4.97. The second-order valence-corrected chi connectivity index (χ2v) is 8.85. The smallest absolute Gasteiger partial charge is 0.310 e. The topological polar surface area (TPSA) is 71.5 Å². The summed E-state index contributed by atoms with van der Waals surface area (Å²) in [7, 11) is 1.44. The Balaban J connectivity index is 1.50. The van der Waals surface area contributed by atoms with Crippen LogP contribution in [0.2, 0.25) is 0 Å². The van der Waals surface area contributed by atoms with E-state index in [1.807, 2.05) is 6.92 Å². The van der Waals surface area contributed by atoms with Crippen molar-refractivity contribution in [2.45, 2.75) is 64.5 Å². The molecule has 150 valence electrons. The van der Waals surface area contributed by atoms with Crippen molar-refractivity contribution in [2.75, 3.05) is 20.2 Å². The fourth-order valence-corrected chi connectivity index (χ4v) is 4.88. The number of hydrogen-bond donors (Lipinski definition) is 1. The van der Waals surface area contributed by atoms with E-state index in [9.17, 15) is 9.59 Å². The Labute approximate surface area is 165 Å². The number of ether oxygens (including phenoxy) is 1. The van der Waals surface area contributed by atoms with Gasteiger partial charge in [-0.2, -0.15) is 0 Å². The Morgan fingerprint density at radius 1 is 1.22 bits per heavy atom. The van der Waals surface area contributed by atoms with E-state index in [1.54, 1.807) is 11.3 Å². The van der Waals surface area contributed by atoms with Crippen molar-refractivity contribution in [2.24, 2.45) is 11.8 Å². The van der Waals surface area contributed by atoms with Crippen LogP contribution in [0.4, 0.5) is 0 Å². The number of aromatic nitrogens is 1. The number of hydrogen-bond acceptors (Lipinski definition) is 6. The van der Waals surface area contributed by atoms with Crippen molar-refractivity contribution in [1.82, 2.24) is 15.2 Å². The minimum absolute atomic E-state index is 0.0416. The third-order valence-corrected chi connectivity index (χ3v) is 6.68. The summed E-state index contributed by atoms with van der Waals surface area (Å²) in [5.74, 6) is -0.232. The molecule has 2 atom stereocenters. The van der Waals surface area contributed by atoms with Crippen LogP contribution in [0.3, 0.4) is 0 Å². The van der Waals surface area contributed by atoms with E-state index in [-0.39, 0.29) is 29.8 Å². The molecule has 3 rings (SSSR count). The van der Waals surface area contributed by atoms with Gasteiger partial charge in [-0.1, -0.05) is 19.3 Å². The minimum Gasteiger partial charge on any atom is -0.469 e. The lowest BCUT2D eigenvalue weighted by atomic mass is 9.91.